The molecular weight excluding hydrogens is 403 g/mol. The number of aromatic nitrogens is 4. The molecule has 0 aliphatic carbocycles. The Labute approximate surface area is 176 Å². The van der Waals surface area contributed by atoms with Crippen LogP contribution in [-0.2, 0) is 17.0 Å². The third-order valence-electron chi connectivity index (χ3n) is 5.05. The molecule has 152 valence electrons. The molecule has 1 saturated heterocycles. The fourth-order valence-electron chi connectivity index (χ4n) is 3.44. The highest BCUT2D eigenvalue weighted by atomic mass is 32.2. The lowest BCUT2D eigenvalue weighted by atomic mass is 10.1. The van der Waals surface area contributed by atoms with E-state index in [1.54, 1.807) is 21.5 Å². The number of hydrogen-bond acceptors (Lipinski definition) is 5. The minimum absolute atomic E-state index is 0.163. The molecule has 3 heterocycles. The molecule has 6 nitrogen and oxygen atoms in total. The first-order valence-corrected chi connectivity index (χ1v) is 10.7. The van der Waals surface area contributed by atoms with Gasteiger partial charge >= 0.3 is 0 Å². The second kappa shape index (κ2) is 8.04. The summed E-state index contributed by atoms with van der Waals surface area (Å²) in [5.41, 5.74) is 1.97. The highest BCUT2D eigenvalue weighted by molar-refractivity contribution is 7.98. The fourth-order valence-corrected chi connectivity index (χ4v) is 4.38. The average Bonchev–Trinajstić information content (AvgIpc) is 3.13. The summed E-state index contributed by atoms with van der Waals surface area (Å²) in [4.78, 5) is 18.2. The van der Waals surface area contributed by atoms with E-state index < -0.39 is 0 Å². The molecule has 4 aromatic rings. The highest BCUT2D eigenvalue weighted by Crippen LogP contribution is 2.25. The smallest absolute Gasteiger partial charge is 0.269 e. The Balaban J connectivity index is 1.59. The summed E-state index contributed by atoms with van der Waals surface area (Å²) >= 11 is 1.40. The highest BCUT2D eigenvalue weighted by Gasteiger charge is 2.22. The van der Waals surface area contributed by atoms with Crippen LogP contribution in [0.15, 0.2) is 70.7 Å². The van der Waals surface area contributed by atoms with Gasteiger partial charge in [0.05, 0.1) is 31.6 Å². The van der Waals surface area contributed by atoms with Crippen molar-refractivity contribution in [2.24, 2.45) is 5.92 Å². The van der Waals surface area contributed by atoms with Crippen molar-refractivity contribution >= 4 is 22.8 Å². The third kappa shape index (κ3) is 3.64. The standard InChI is InChI=1S/C22H19FN4O2S/c23-17-6-4-5-15(9-17)14-30-22-25-20-19(10-24-26(20)11-16-12-29-13-16)21(28)27(22)18-7-2-1-3-8-18/h1-10,16H,11-14H2. The first-order valence-electron chi connectivity index (χ1n) is 9.68. The van der Waals surface area contributed by atoms with Crippen molar-refractivity contribution in [2.75, 3.05) is 13.2 Å². The Morgan fingerprint density at radius 1 is 1.13 bits per heavy atom. The van der Waals surface area contributed by atoms with E-state index >= 15 is 0 Å². The number of rotatable bonds is 6. The maximum atomic E-state index is 13.6. The van der Waals surface area contributed by atoms with E-state index in [-0.39, 0.29) is 11.4 Å². The Morgan fingerprint density at radius 2 is 1.97 bits per heavy atom. The molecule has 0 spiro atoms. The zero-order chi connectivity index (χ0) is 20.5. The molecule has 1 fully saturated rings. The fraction of sp³-hybridized carbons (Fsp3) is 0.227. The minimum Gasteiger partial charge on any atom is -0.381 e. The van der Waals surface area contributed by atoms with Gasteiger partial charge in [-0.2, -0.15) is 5.10 Å². The summed E-state index contributed by atoms with van der Waals surface area (Å²) in [5, 5.41) is 5.44. The van der Waals surface area contributed by atoms with Crippen LogP contribution in [0.25, 0.3) is 16.7 Å². The van der Waals surface area contributed by atoms with Crippen molar-refractivity contribution in [3.8, 4) is 5.69 Å². The normalized spacial score (nSPS) is 14.2. The number of benzene rings is 2. The van der Waals surface area contributed by atoms with Crippen LogP contribution >= 0.6 is 11.8 Å². The number of halogens is 1. The third-order valence-corrected chi connectivity index (χ3v) is 6.06. The van der Waals surface area contributed by atoms with Crippen LogP contribution in [0.1, 0.15) is 5.56 Å². The second-order valence-electron chi connectivity index (χ2n) is 7.26. The maximum absolute atomic E-state index is 13.6. The summed E-state index contributed by atoms with van der Waals surface area (Å²) in [6, 6.07) is 15.9. The lowest BCUT2D eigenvalue weighted by Crippen LogP contribution is -2.32. The maximum Gasteiger partial charge on any atom is 0.269 e. The first kappa shape index (κ1) is 19.0. The van der Waals surface area contributed by atoms with E-state index in [1.165, 1.54) is 23.9 Å². The monoisotopic (exact) mass is 422 g/mol. The molecular formula is C22H19FN4O2S. The Morgan fingerprint density at radius 3 is 2.70 bits per heavy atom. The first-order chi connectivity index (χ1) is 14.7. The Hall–Kier alpha value is -2.97. The number of thioether (sulfide) groups is 1. The van der Waals surface area contributed by atoms with Gasteiger partial charge in [0.25, 0.3) is 5.56 Å². The van der Waals surface area contributed by atoms with Crippen LogP contribution in [0.4, 0.5) is 4.39 Å². The van der Waals surface area contributed by atoms with Crippen molar-refractivity contribution in [1.29, 1.82) is 0 Å². The quantitative estimate of drug-likeness (QED) is 0.351. The van der Waals surface area contributed by atoms with Gasteiger partial charge in [-0.05, 0) is 29.8 Å². The molecule has 2 aromatic carbocycles. The molecule has 0 unspecified atom stereocenters. The van der Waals surface area contributed by atoms with E-state index in [1.807, 2.05) is 36.4 Å². The number of fused-ring (bicyclic) bond motifs is 1. The topological polar surface area (TPSA) is 61.9 Å². The zero-order valence-corrected chi connectivity index (χ0v) is 16.9. The molecule has 5 rings (SSSR count). The van der Waals surface area contributed by atoms with Gasteiger partial charge in [-0.15, -0.1) is 0 Å². The molecule has 2 aromatic heterocycles. The summed E-state index contributed by atoms with van der Waals surface area (Å²) < 4.78 is 22.2. The van der Waals surface area contributed by atoms with Gasteiger partial charge in [0.2, 0.25) is 0 Å². The van der Waals surface area contributed by atoms with E-state index in [2.05, 4.69) is 5.10 Å². The van der Waals surface area contributed by atoms with Crippen LogP contribution in [0.2, 0.25) is 0 Å². The molecule has 1 aliphatic heterocycles. The van der Waals surface area contributed by atoms with Crippen molar-refractivity contribution in [3.63, 3.8) is 0 Å². The lowest BCUT2D eigenvalue weighted by molar-refractivity contribution is -0.0403. The number of ether oxygens (including phenoxy) is 1. The van der Waals surface area contributed by atoms with E-state index in [0.717, 1.165) is 11.3 Å². The summed E-state index contributed by atoms with van der Waals surface area (Å²) in [6.45, 7) is 2.06. The van der Waals surface area contributed by atoms with Gasteiger partial charge in [-0.1, -0.05) is 42.1 Å². The Kier molecular flexibility index (Phi) is 5.10. The molecule has 30 heavy (non-hydrogen) atoms. The SMILES string of the molecule is O=c1c2cnn(CC3COC3)c2nc(SCc2cccc(F)c2)n1-c1ccccc1. The number of hydrogen-bond donors (Lipinski definition) is 0. The summed E-state index contributed by atoms with van der Waals surface area (Å²) in [6.07, 6.45) is 1.59. The van der Waals surface area contributed by atoms with Crippen molar-refractivity contribution < 1.29 is 9.13 Å². The molecule has 0 bridgehead atoms. The van der Waals surface area contributed by atoms with E-state index in [0.29, 0.717) is 47.6 Å². The van der Waals surface area contributed by atoms with Gasteiger partial charge in [0.1, 0.15) is 11.2 Å². The number of para-hydroxylation sites is 1. The van der Waals surface area contributed by atoms with Crippen molar-refractivity contribution in [2.45, 2.75) is 17.5 Å². The van der Waals surface area contributed by atoms with Crippen LogP contribution < -0.4 is 5.56 Å². The lowest BCUT2D eigenvalue weighted by Gasteiger charge is -2.25. The minimum atomic E-state index is -0.280. The molecule has 0 atom stereocenters. The number of nitrogens with zero attached hydrogens (tertiary/aromatic N) is 4. The van der Waals surface area contributed by atoms with Crippen LogP contribution in [0.3, 0.4) is 0 Å². The molecule has 0 N–H and O–H groups in total. The van der Waals surface area contributed by atoms with Crippen molar-refractivity contribution in [1.82, 2.24) is 19.3 Å². The van der Waals surface area contributed by atoms with Gasteiger partial charge in [0.15, 0.2) is 10.8 Å². The zero-order valence-electron chi connectivity index (χ0n) is 16.1. The van der Waals surface area contributed by atoms with Gasteiger partial charge in [-0.3, -0.25) is 9.36 Å². The predicted molar refractivity (Wildman–Crippen MR) is 113 cm³/mol. The van der Waals surface area contributed by atoms with Crippen LogP contribution in [-0.4, -0.2) is 32.5 Å². The molecule has 0 amide bonds. The molecule has 1 aliphatic rings. The predicted octanol–water partition coefficient (Wildman–Crippen LogP) is 3.66. The summed E-state index contributed by atoms with van der Waals surface area (Å²) in [5.74, 6) is 0.597. The largest absolute Gasteiger partial charge is 0.381 e. The van der Waals surface area contributed by atoms with E-state index in [9.17, 15) is 9.18 Å². The van der Waals surface area contributed by atoms with E-state index in [4.69, 9.17) is 9.72 Å². The molecule has 8 heteroatoms. The van der Waals surface area contributed by atoms with Gasteiger partial charge in [-0.25, -0.2) is 14.1 Å². The van der Waals surface area contributed by atoms with Gasteiger partial charge in [0, 0.05) is 11.7 Å². The molecule has 0 saturated carbocycles. The second-order valence-corrected chi connectivity index (χ2v) is 8.20. The Bertz CT molecular complexity index is 1250. The van der Waals surface area contributed by atoms with Crippen LogP contribution in [0, 0.1) is 11.7 Å². The van der Waals surface area contributed by atoms with Crippen LogP contribution in [0.5, 0.6) is 0 Å². The van der Waals surface area contributed by atoms with Gasteiger partial charge < -0.3 is 4.74 Å². The summed E-state index contributed by atoms with van der Waals surface area (Å²) in [7, 11) is 0. The molecule has 0 radical (unpaired) electrons. The van der Waals surface area contributed by atoms with Crippen molar-refractivity contribution in [3.05, 3.63) is 82.5 Å². The average molecular weight is 422 g/mol.